The Hall–Kier alpha value is -0.0400. The van der Waals surface area contributed by atoms with Crippen LogP contribution >= 0.6 is 0 Å². The molecule has 1 nitrogen and oxygen atoms in total. The van der Waals surface area contributed by atoms with E-state index >= 15 is 0 Å². The van der Waals surface area contributed by atoms with Crippen LogP contribution in [0.4, 0.5) is 0 Å². The van der Waals surface area contributed by atoms with Gasteiger partial charge in [0.1, 0.15) is 0 Å². The number of likely N-dealkylation sites (tertiary alicyclic amines) is 1. The lowest BCUT2D eigenvalue weighted by molar-refractivity contribution is 0.216. The van der Waals surface area contributed by atoms with Crippen molar-refractivity contribution in [3.63, 3.8) is 0 Å². The minimum Gasteiger partial charge on any atom is -0.306 e. The lowest BCUT2D eigenvalue weighted by Gasteiger charge is -2.27. The lowest BCUT2D eigenvalue weighted by atomic mass is 9.95. The van der Waals surface area contributed by atoms with Crippen molar-refractivity contribution in [2.24, 2.45) is 5.92 Å². The molecule has 0 aromatic rings. The molecule has 15 heavy (non-hydrogen) atoms. The van der Waals surface area contributed by atoms with Crippen LogP contribution in [0.1, 0.15) is 67.7 Å². The van der Waals surface area contributed by atoms with Crippen molar-refractivity contribution in [1.82, 2.24) is 4.90 Å². The highest BCUT2D eigenvalue weighted by atomic mass is 15.1. The molecule has 96 valence electrons. The summed E-state index contributed by atoms with van der Waals surface area (Å²) in [6.45, 7) is 16.9. The van der Waals surface area contributed by atoms with Gasteiger partial charge in [-0.2, -0.15) is 0 Å². The third-order valence-corrected chi connectivity index (χ3v) is 2.42. The first-order valence-electron chi connectivity index (χ1n) is 7.01. The second-order valence-electron chi connectivity index (χ2n) is 3.15. The van der Waals surface area contributed by atoms with E-state index in [-0.39, 0.29) is 0 Å². The van der Waals surface area contributed by atoms with Crippen LogP contribution < -0.4 is 0 Å². The molecule has 0 N–H and O–H groups in total. The van der Waals surface area contributed by atoms with E-state index in [0.717, 1.165) is 5.92 Å². The molecule has 1 fully saturated rings. The summed E-state index contributed by atoms with van der Waals surface area (Å²) >= 11 is 0. The van der Waals surface area contributed by atoms with Gasteiger partial charge in [-0.15, -0.1) is 0 Å². The van der Waals surface area contributed by atoms with Crippen molar-refractivity contribution in [3.8, 4) is 0 Å². The van der Waals surface area contributed by atoms with Crippen LogP contribution in [0.3, 0.4) is 0 Å². The van der Waals surface area contributed by atoms with E-state index in [0.29, 0.717) is 0 Å². The molecular weight excluding hydrogens is 182 g/mol. The molecule has 1 heterocycles. The summed E-state index contributed by atoms with van der Waals surface area (Å²) in [7, 11) is 2.21. The minimum atomic E-state index is 1.03. The summed E-state index contributed by atoms with van der Waals surface area (Å²) in [5.41, 5.74) is 0. The molecule has 0 radical (unpaired) electrons. The van der Waals surface area contributed by atoms with Crippen molar-refractivity contribution >= 4 is 0 Å². The van der Waals surface area contributed by atoms with Crippen molar-refractivity contribution in [1.29, 1.82) is 0 Å². The molecule has 1 rings (SSSR count). The third-order valence-electron chi connectivity index (χ3n) is 2.42. The summed E-state index contributed by atoms with van der Waals surface area (Å²) in [5.74, 6) is 1.03. The first-order valence-corrected chi connectivity index (χ1v) is 7.01. The van der Waals surface area contributed by atoms with Gasteiger partial charge in [0.15, 0.2) is 0 Å². The second kappa shape index (κ2) is 19.5. The molecule has 0 aliphatic carbocycles. The van der Waals surface area contributed by atoms with E-state index in [2.05, 4.69) is 18.9 Å². The quantitative estimate of drug-likeness (QED) is 0.609. The number of nitrogens with zero attached hydrogens (tertiary/aromatic N) is 1. The highest BCUT2D eigenvalue weighted by Gasteiger charge is 2.13. The molecule has 0 atom stereocenters. The lowest BCUT2D eigenvalue weighted by Crippen LogP contribution is -2.29. The zero-order valence-corrected chi connectivity index (χ0v) is 12.6. The second-order valence-corrected chi connectivity index (χ2v) is 3.15. The van der Waals surface area contributed by atoms with E-state index in [1.54, 1.807) is 0 Å². The van der Waals surface area contributed by atoms with Crippen molar-refractivity contribution in [3.05, 3.63) is 0 Å². The molecule has 1 aliphatic heterocycles. The zero-order chi connectivity index (χ0) is 12.7. The van der Waals surface area contributed by atoms with Crippen LogP contribution in [-0.2, 0) is 0 Å². The molecule has 1 heteroatoms. The van der Waals surface area contributed by atoms with Crippen molar-refractivity contribution in [2.45, 2.75) is 67.7 Å². The predicted molar refractivity (Wildman–Crippen MR) is 74.6 cm³/mol. The average Bonchev–Trinajstić information content (AvgIpc) is 2.38. The van der Waals surface area contributed by atoms with Gasteiger partial charge in [-0.25, -0.2) is 0 Å². The zero-order valence-electron chi connectivity index (χ0n) is 12.6. The van der Waals surface area contributed by atoms with Crippen molar-refractivity contribution in [2.75, 3.05) is 20.1 Å². The molecular formula is C14H35N. The fourth-order valence-corrected chi connectivity index (χ4v) is 1.47. The highest BCUT2D eigenvalue weighted by molar-refractivity contribution is 4.67. The first-order chi connectivity index (χ1) is 7.33. The van der Waals surface area contributed by atoms with Crippen LogP contribution in [0, 0.1) is 5.92 Å². The smallest absolute Gasteiger partial charge is 0.00191 e. The van der Waals surface area contributed by atoms with Crippen LogP contribution in [0.25, 0.3) is 0 Å². The van der Waals surface area contributed by atoms with Gasteiger partial charge in [0, 0.05) is 0 Å². The molecule has 0 saturated carbocycles. The maximum absolute atomic E-state index is 2.42. The summed E-state index contributed by atoms with van der Waals surface area (Å²) in [5, 5.41) is 0. The monoisotopic (exact) mass is 217 g/mol. The Morgan fingerprint density at radius 3 is 1.47 bits per heavy atom. The molecule has 0 unspecified atom stereocenters. The maximum atomic E-state index is 2.42. The highest BCUT2D eigenvalue weighted by Crippen LogP contribution is 2.18. The minimum absolute atomic E-state index is 1.03. The molecule has 0 aromatic heterocycles. The van der Waals surface area contributed by atoms with Gasteiger partial charge >= 0.3 is 0 Å². The Bertz CT molecular complexity index is 73.4. The molecule has 0 bridgehead atoms. The van der Waals surface area contributed by atoms with Gasteiger partial charge < -0.3 is 4.90 Å². The van der Waals surface area contributed by atoms with E-state index in [1.807, 2.05) is 41.5 Å². The molecule has 0 aromatic carbocycles. The van der Waals surface area contributed by atoms with Crippen LogP contribution in [0.15, 0.2) is 0 Å². The molecule has 0 amide bonds. The van der Waals surface area contributed by atoms with Gasteiger partial charge in [-0.1, -0.05) is 54.9 Å². The number of rotatable bonds is 1. The number of hydrogen-bond donors (Lipinski definition) is 0. The Morgan fingerprint density at radius 1 is 0.867 bits per heavy atom. The third kappa shape index (κ3) is 14.0. The number of hydrogen-bond acceptors (Lipinski definition) is 1. The van der Waals surface area contributed by atoms with Crippen molar-refractivity contribution < 1.29 is 0 Å². The molecule has 1 saturated heterocycles. The fraction of sp³-hybridized carbons (Fsp3) is 1.00. The summed E-state index contributed by atoms with van der Waals surface area (Å²) in [6.07, 6.45) is 4.23. The number of piperidine rings is 1. The van der Waals surface area contributed by atoms with Crippen LogP contribution in [0.5, 0.6) is 0 Å². The largest absolute Gasteiger partial charge is 0.306 e. The van der Waals surface area contributed by atoms with Gasteiger partial charge in [0.25, 0.3) is 0 Å². The molecule has 1 aliphatic rings. The standard InChI is InChI=1S/C8H17N.3C2H6/c1-3-8-4-6-9(2)7-5-8;3*1-2/h8H,3-7H2,1-2H3;3*1-2H3. The summed E-state index contributed by atoms with van der Waals surface area (Å²) in [4.78, 5) is 2.42. The Labute approximate surface area is 99.3 Å². The predicted octanol–water partition coefficient (Wildman–Crippen LogP) is 4.82. The Morgan fingerprint density at radius 2 is 1.20 bits per heavy atom. The summed E-state index contributed by atoms with van der Waals surface area (Å²) < 4.78 is 0. The fourth-order valence-electron chi connectivity index (χ4n) is 1.47. The van der Waals surface area contributed by atoms with E-state index in [9.17, 15) is 0 Å². The SMILES string of the molecule is CC.CC.CC.CCC1CCN(C)CC1. The Balaban J connectivity index is -0.000000208. The van der Waals surface area contributed by atoms with Gasteiger partial charge in [0.2, 0.25) is 0 Å². The molecule has 0 spiro atoms. The van der Waals surface area contributed by atoms with E-state index in [4.69, 9.17) is 0 Å². The van der Waals surface area contributed by atoms with Crippen LogP contribution in [-0.4, -0.2) is 25.0 Å². The maximum Gasteiger partial charge on any atom is -0.00191 e. The first kappa shape index (κ1) is 20.4. The van der Waals surface area contributed by atoms with E-state index in [1.165, 1.54) is 32.4 Å². The van der Waals surface area contributed by atoms with E-state index < -0.39 is 0 Å². The van der Waals surface area contributed by atoms with Gasteiger partial charge in [0.05, 0.1) is 0 Å². The summed E-state index contributed by atoms with van der Waals surface area (Å²) in [6, 6.07) is 0. The topological polar surface area (TPSA) is 3.24 Å². The Kier molecular flexibility index (Phi) is 26.5. The van der Waals surface area contributed by atoms with Crippen LogP contribution in [0.2, 0.25) is 0 Å². The normalized spacial score (nSPS) is 16.0. The van der Waals surface area contributed by atoms with Gasteiger partial charge in [-0.05, 0) is 38.9 Å². The van der Waals surface area contributed by atoms with Gasteiger partial charge in [-0.3, -0.25) is 0 Å². The average molecular weight is 217 g/mol.